The first-order valence-electron chi connectivity index (χ1n) is 4.64. The first-order valence-corrected chi connectivity index (χ1v) is 4.64. The molecular weight excluding hydrogens is 192 g/mol. The van der Waals surface area contributed by atoms with Gasteiger partial charge in [-0.15, -0.1) is 0 Å². The van der Waals surface area contributed by atoms with Gasteiger partial charge in [-0.05, 0) is 17.7 Å². The van der Waals surface area contributed by atoms with Gasteiger partial charge in [0, 0.05) is 24.2 Å². The van der Waals surface area contributed by atoms with Crippen molar-refractivity contribution in [3.8, 4) is 0 Å². The van der Waals surface area contributed by atoms with Crippen molar-refractivity contribution < 1.29 is 9.53 Å². The summed E-state index contributed by atoms with van der Waals surface area (Å²) in [7, 11) is 0. The van der Waals surface area contributed by atoms with E-state index in [0.29, 0.717) is 19.5 Å². The second-order valence-corrected chi connectivity index (χ2v) is 3.13. The van der Waals surface area contributed by atoms with Crippen LogP contribution in [0.3, 0.4) is 0 Å². The third-order valence-corrected chi connectivity index (χ3v) is 2.12. The van der Waals surface area contributed by atoms with E-state index in [0.717, 1.165) is 16.5 Å². The molecule has 76 valence electrons. The molecule has 2 aromatic rings. The van der Waals surface area contributed by atoms with Crippen molar-refractivity contribution in [2.75, 3.05) is 6.61 Å². The highest BCUT2D eigenvalue weighted by Crippen LogP contribution is 2.11. The van der Waals surface area contributed by atoms with Gasteiger partial charge in [0.05, 0.1) is 18.3 Å². The van der Waals surface area contributed by atoms with E-state index in [2.05, 4.69) is 14.7 Å². The largest absolute Gasteiger partial charge is 0.468 e. The average Bonchev–Trinajstić information content (AvgIpc) is 2.29. The fraction of sp³-hybridized carbons (Fsp3) is 0.182. The van der Waals surface area contributed by atoms with Gasteiger partial charge in [0.2, 0.25) is 0 Å². The summed E-state index contributed by atoms with van der Waals surface area (Å²) in [5.41, 5.74) is 1.92. The number of hydrogen-bond acceptors (Lipinski definition) is 4. The zero-order valence-electron chi connectivity index (χ0n) is 8.09. The summed E-state index contributed by atoms with van der Waals surface area (Å²) in [6.45, 7) is 0.847. The van der Waals surface area contributed by atoms with Crippen molar-refractivity contribution in [1.82, 2.24) is 9.97 Å². The van der Waals surface area contributed by atoms with E-state index in [4.69, 9.17) is 0 Å². The summed E-state index contributed by atoms with van der Waals surface area (Å²) in [5.74, 6) is 0. The summed E-state index contributed by atoms with van der Waals surface area (Å²) < 4.78 is 4.63. The highest BCUT2D eigenvalue weighted by atomic mass is 16.5. The Hall–Kier alpha value is -1.97. The number of carbonyl (C=O) groups is 1. The third-order valence-electron chi connectivity index (χ3n) is 2.12. The molecule has 0 N–H and O–H groups in total. The second-order valence-electron chi connectivity index (χ2n) is 3.13. The zero-order chi connectivity index (χ0) is 10.5. The molecule has 0 radical (unpaired) electrons. The molecule has 0 fully saturated rings. The molecule has 2 aromatic heterocycles. The Bertz CT molecular complexity index is 471. The molecule has 0 bridgehead atoms. The number of rotatable bonds is 4. The highest BCUT2D eigenvalue weighted by Gasteiger charge is 1.97. The van der Waals surface area contributed by atoms with Crippen LogP contribution in [0.15, 0.2) is 30.7 Å². The van der Waals surface area contributed by atoms with Crippen LogP contribution in [-0.4, -0.2) is 23.0 Å². The van der Waals surface area contributed by atoms with Crippen LogP contribution in [0.2, 0.25) is 0 Å². The summed E-state index contributed by atoms with van der Waals surface area (Å²) in [5, 5.41) is 1.05. The standard InChI is InChI=1S/C11H10N2O2/c14-8-15-4-2-9-5-10-1-3-12-7-11(10)13-6-9/h1,3,5-8H,2,4H2. The molecule has 2 rings (SSSR count). The van der Waals surface area contributed by atoms with Crippen molar-refractivity contribution in [2.45, 2.75) is 6.42 Å². The van der Waals surface area contributed by atoms with Crippen LogP contribution < -0.4 is 0 Å². The lowest BCUT2D eigenvalue weighted by Gasteiger charge is -2.01. The van der Waals surface area contributed by atoms with Crippen molar-refractivity contribution in [3.63, 3.8) is 0 Å². The van der Waals surface area contributed by atoms with E-state index >= 15 is 0 Å². The normalized spacial score (nSPS) is 10.1. The molecule has 0 aliphatic carbocycles. The van der Waals surface area contributed by atoms with Crippen LogP contribution >= 0.6 is 0 Å². The molecule has 4 heteroatoms. The summed E-state index contributed by atoms with van der Waals surface area (Å²) in [6, 6.07) is 3.94. The number of pyridine rings is 2. The topological polar surface area (TPSA) is 52.1 Å². The average molecular weight is 202 g/mol. The van der Waals surface area contributed by atoms with Gasteiger partial charge in [-0.3, -0.25) is 14.8 Å². The molecule has 0 spiro atoms. The quantitative estimate of drug-likeness (QED) is 0.554. The SMILES string of the molecule is O=COCCc1cnc2cnccc2c1. The first kappa shape index (κ1) is 9.58. The van der Waals surface area contributed by atoms with Gasteiger partial charge in [0.1, 0.15) is 0 Å². The van der Waals surface area contributed by atoms with Crippen molar-refractivity contribution in [1.29, 1.82) is 0 Å². The van der Waals surface area contributed by atoms with Crippen LogP contribution in [0.25, 0.3) is 10.9 Å². The summed E-state index contributed by atoms with van der Waals surface area (Å²) in [4.78, 5) is 18.2. The Morgan fingerprint density at radius 1 is 1.40 bits per heavy atom. The Morgan fingerprint density at radius 3 is 3.20 bits per heavy atom. The van der Waals surface area contributed by atoms with E-state index in [1.807, 2.05) is 12.1 Å². The van der Waals surface area contributed by atoms with E-state index < -0.39 is 0 Å². The maximum absolute atomic E-state index is 9.96. The Labute approximate surface area is 86.9 Å². The number of carbonyl (C=O) groups excluding carboxylic acids is 1. The van der Waals surface area contributed by atoms with Gasteiger partial charge in [-0.1, -0.05) is 0 Å². The Kier molecular flexibility index (Phi) is 2.88. The first-order chi connectivity index (χ1) is 7.40. The fourth-order valence-corrected chi connectivity index (χ4v) is 1.38. The lowest BCUT2D eigenvalue weighted by atomic mass is 10.1. The minimum Gasteiger partial charge on any atom is -0.468 e. The number of nitrogens with zero attached hydrogens (tertiary/aromatic N) is 2. The van der Waals surface area contributed by atoms with Crippen LogP contribution in [0, 0.1) is 0 Å². The number of ether oxygens (including phenoxy) is 1. The van der Waals surface area contributed by atoms with Gasteiger partial charge in [-0.2, -0.15) is 0 Å². The highest BCUT2D eigenvalue weighted by molar-refractivity contribution is 5.77. The molecule has 0 atom stereocenters. The van der Waals surface area contributed by atoms with Gasteiger partial charge in [-0.25, -0.2) is 0 Å². The van der Waals surface area contributed by atoms with Gasteiger partial charge in [0.15, 0.2) is 0 Å². The van der Waals surface area contributed by atoms with E-state index in [9.17, 15) is 4.79 Å². The predicted octanol–water partition coefficient (Wildman–Crippen LogP) is 1.35. The number of fused-ring (bicyclic) bond motifs is 1. The molecule has 0 unspecified atom stereocenters. The molecule has 0 aliphatic heterocycles. The zero-order valence-corrected chi connectivity index (χ0v) is 8.09. The molecule has 0 saturated heterocycles. The molecule has 0 aromatic carbocycles. The van der Waals surface area contributed by atoms with E-state index in [-0.39, 0.29) is 0 Å². The van der Waals surface area contributed by atoms with Crippen molar-refractivity contribution in [3.05, 3.63) is 36.3 Å². The third kappa shape index (κ3) is 2.28. The second kappa shape index (κ2) is 4.50. The molecule has 0 aliphatic rings. The summed E-state index contributed by atoms with van der Waals surface area (Å²) >= 11 is 0. The monoisotopic (exact) mass is 202 g/mol. The van der Waals surface area contributed by atoms with Crippen LogP contribution in [0.4, 0.5) is 0 Å². The smallest absolute Gasteiger partial charge is 0.293 e. The lowest BCUT2D eigenvalue weighted by molar-refractivity contribution is -0.128. The molecule has 2 heterocycles. The van der Waals surface area contributed by atoms with E-state index in [1.54, 1.807) is 18.6 Å². The Morgan fingerprint density at radius 2 is 2.33 bits per heavy atom. The van der Waals surface area contributed by atoms with Crippen LogP contribution in [-0.2, 0) is 16.0 Å². The maximum Gasteiger partial charge on any atom is 0.293 e. The van der Waals surface area contributed by atoms with Gasteiger partial charge in [0.25, 0.3) is 6.47 Å². The Balaban J connectivity index is 2.19. The molecular formula is C11H10N2O2. The van der Waals surface area contributed by atoms with E-state index in [1.165, 1.54) is 0 Å². The number of hydrogen-bond donors (Lipinski definition) is 0. The maximum atomic E-state index is 9.96. The molecule has 4 nitrogen and oxygen atoms in total. The van der Waals surface area contributed by atoms with Gasteiger partial charge < -0.3 is 4.74 Å². The molecule has 0 saturated carbocycles. The lowest BCUT2D eigenvalue weighted by Crippen LogP contribution is -1.97. The fourth-order valence-electron chi connectivity index (χ4n) is 1.38. The van der Waals surface area contributed by atoms with Crippen LogP contribution in [0.5, 0.6) is 0 Å². The molecule has 0 amide bonds. The van der Waals surface area contributed by atoms with Crippen molar-refractivity contribution in [2.24, 2.45) is 0 Å². The van der Waals surface area contributed by atoms with Gasteiger partial charge >= 0.3 is 0 Å². The minimum absolute atomic E-state index is 0.391. The number of aromatic nitrogens is 2. The predicted molar refractivity (Wildman–Crippen MR) is 55.3 cm³/mol. The summed E-state index contributed by atoms with van der Waals surface area (Å²) in [6.07, 6.45) is 5.92. The minimum atomic E-state index is 0.391. The van der Waals surface area contributed by atoms with Crippen molar-refractivity contribution >= 4 is 17.4 Å². The van der Waals surface area contributed by atoms with Crippen LogP contribution in [0.1, 0.15) is 5.56 Å². The molecule has 15 heavy (non-hydrogen) atoms.